The fraction of sp³-hybridized carbons (Fsp3) is 0.333. The van der Waals surface area contributed by atoms with Gasteiger partial charge in [-0.25, -0.2) is 13.1 Å². The molecule has 29 heavy (non-hydrogen) atoms. The lowest BCUT2D eigenvalue weighted by molar-refractivity contribution is -0.115. The monoisotopic (exact) mass is 417 g/mol. The number of hydrogen-bond acceptors (Lipinski definition) is 4. The molecule has 0 radical (unpaired) electrons. The van der Waals surface area contributed by atoms with Crippen molar-refractivity contribution in [3.05, 3.63) is 59.7 Å². The van der Waals surface area contributed by atoms with Crippen LogP contribution in [0, 0.1) is 0 Å². The van der Waals surface area contributed by atoms with Gasteiger partial charge in [0.25, 0.3) is 5.91 Å². The summed E-state index contributed by atoms with van der Waals surface area (Å²) in [6.45, 7) is 5.37. The van der Waals surface area contributed by atoms with E-state index in [4.69, 9.17) is 0 Å². The zero-order valence-electron chi connectivity index (χ0n) is 16.9. The summed E-state index contributed by atoms with van der Waals surface area (Å²) in [6, 6.07) is 12.9. The number of carbonyl (C=O) groups excluding carboxylic acids is 2. The summed E-state index contributed by atoms with van der Waals surface area (Å²) < 4.78 is 26.7. The smallest absolute Gasteiger partial charge is 0.251 e. The molecule has 0 aliphatic carbocycles. The second-order valence-electron chi connectivity index (χ2n) is 6.98. The van der Waals surface area contributed by atoms with Crippen LogP contribution in [0.4, 0.5) is 5.69 Å². The lowest BCUT2D eigenvalue weighted by Gasteiger charge is -2.10. The predicted molar refractivity (Wildman–Crippen MR) is 113 cm³/mol. The van der Waals surface area contributed by atoms with E-state index in [-0.39, 0.29) is 29.0 Å². The van der Waals surface area contributed by atoms with Gasteiger partial charge in [0.05, 0.1) is 11.4 Å². The van der Waals surface area contributed by atoms with Crippen molar-refractivity contribution in [2.24, 2.45) is 0 Å². The summed E-state index contributed by atoms with van der Waals surface area (Å²) in [4.78, 5) is 24.3. The first-order valence-corrected chi connectivity index (χ1v) is 11.0. The first-order valence-electron chi connectivity index (χ1n) is 9.50. The average molecular weight is 418 g/mol. The molecule has 0 aliphatic heterocycles. The Morgan fingerprint density at radius 3 is 2.14 bits per heavy atom. The fourth-order valence-electron chi connectivity index (χ4n) is 2.68. The van der Waals surface area contributed by atoms with Gasteiger partial charge in [0.2, 0.25) is 15.9 Å². The third-order valence-corrected chi connectivity index (χ3v) is 5.68. The van der Waals surface area contributed by atoms with Gasteiger partial charge < -0.3 is 10.6 Å². The van der Waals surface area contributed by atoms with Crippen molar-refractivity contribution in [1.82, 2.24) is 10.0 Å². The van der Waals surface area contributed by atoms with Crippen molar-refractivity contribution in [2.45, 2.75) is 44.6 Å². The SMILES string of the molecule is CCCc1ccc(NC(=O)CNC(=O)c2ccc(S(=O)(=O)NC(C)C)cc2)cc1. The van der Waals surface area contributed by atoms with Crippen LogP contribution in [0.5, 0.6) is 0 Å². The van der Waals surface area contributed by atoms with Crippen molar-refractivity contribution >= 4 is 27.5 Å². The number of nitrogens with one attached hydrogen (secondary N) is 3. The van der Waals surface area contributed by atoms with Gasteiger partial charge in [0, 0.05) is 17.3 Å². The highest BCUT2D eigenvalue weighted by Gasteiger charge is 2.16. The predicted octanol–water partition coefficient (Wildman–Crippen LogP) is 2.69. The topological polar surface area (TPSA) is 104 Å². The van der Waals surface area contributed by atoms with Crippen molar-refractivity contribution in [1.29, 1.82) is 0 Å². The Morgan fingerprint density at radius 2 is 1.59 bits per heavy atom. The Bertz CT molecular complexity index is 937. The van der Waals surface area contributed by atoms with Gasteiger partial charge in [-0.2, -0.15) is 0 Å². The summed E-state index contributed by atoms with van der Waals surface area (Å²) in [5.74, 6) is -0.805. The minimum absolute atomic E-state index is 0.0759. The molecule has 0 spiro atoms. The van der Waals surface area contributed by atoms with Crippen LogP contribution < -0.4 is 15.4 Å². The number of rotatable bonds is 9. The number of benzene rings is 2. The quantitative estimate of drug-likeness (QED) is 0.583. The van der Waals surface area contributed by atoms with Crippen LogP contribution in [0.2, 0.25) is 0 Å². The molecule has 0 unspecified atom stereocenters. The molecule has 0 fully saturated rings. The van der Waals surface area contributed by atoms with Gasteiger partial charge in [0.1, 0.15) is 0 Å². The van der Waals surface area contributed by atoms with Crippen molar-refractivity contribution < 1.29 is 18.0 Å². The summed E-state index contributed by atoms with van der Waals surface area (Å²) in [7, 11) is -3.62. The molecule has 7 nitrogen and oxygen atoms in total. The Kier molecular flexibility index (Phi) is 7.92. The molecule has 0 atom stereocenters. The van der Waals surface area contributed by atoms with E-state index in [2.05, 4.69) is 22.3 Å². The second-order valence-corrected chi connectivity index (χ2v) is 8.69. The first kappa shape index (κ1) is 22.6. The molecule has 0 saturated heterocycles. The number of carbonyl (C=O) groups is 2. The van der Waals surface area contributed by atoms with Crippen LogP contribution in [0.3, 0.4) is 0 Å². The third kappa shape index (κ3) is 6.99. The molecule has 0 aliphatic rings. The van der Waals surface area contributed by atoms with E-state index in [1.165, 1.54) is 29.8 Å². The van der Waals surface area contributed by atoms with Gasteiger partial charge >= 0.3 is 0 Å². The van der Waals surface area contributed by atoms with Crippen LogP contribution >= 0.6 is 0 Å². The Morgan fingerprint density at radius 1 is 0.966 bits per heavy atom. The van der Waals surface area contributed by atoms with E-state index in [1.54, 1.807) is 13.8 Å². The lowest BCUT2D eigenvalue weighted by atomic mass is 10.1. The Balaban J connectivity index is 1.89. The largest absolute Gasteiger partial charge is 0.343 e. The van der Waals surface area contributed by atoms with Crippen LogP contribution in [-0.2, 0) is 21.2 Å². The molecular formula is C21H27N3O4S. The molecule has 2 rings (SSSR count). The van der Waals surface area contributed by atoms with Crippen molar-refractivity contribution in [3.63, 3.8) is 0 Å². The van der Waals surface area contributed by atoms with Crippen LogP contribution in [0.25, 0.3) is 0 Å². The Hall–Kier alpha value is -2.71. The van der Waals surface area contributed by atoms with Crippen molar-refractivity contribution in [3.8, 4) is 0 Å². The molecule has 2 aromatic rings. The molecule has 0 saturated carbocycles. The summed E-state index contributed by atoms with van der Waals surface area (Å²) in [6.07, 6.45) is 2.04. The number of sulfonamides is 1. The molecule has 156 valence electrons. The normalized spacial score (nSPS) is 11.3. The second kappa shape index (κ2) is 10.2. The summed E-state index contributed by atoms with van der Waals surface area (Å²) in [5, 5.41) is 5.25. The zero-order chi connectivity index (χ0) is 21.4. The number of hydrogen-bond donors (Lipinski definition) is 3. The molecular weight excluding hydrogens is 390 g/mol. The molecule has 2 amide bonds. The van der Waals surface area contributed by atoms with Gasteiger partial charge in [-0.1, -0.05) is 25.5 Å². The highest BCUT2D eigenvalue weighted by molar-refractivity contribution is 7.89. The third-order valence-electron chi connectivity index (χ3n) is 4.00. The number of anilines is 1. The molecule has 0 heterocycles. The van der Waals surface area contributed by atoms with E-state index >= 15 is 0 Å². The minimum Gasteiger partial charge on any atom is -0.343 e. The standard InChI is InChI=1S/C21H27N3O4S/c1-4-5-16-6-10-18(11-7-16)23-20(25)14-22-21(26)17-8-12-19(13-9-17)29(27,28)24-15(2)3/h6-13,15,24H,4-5,14H2,1-3H3,(H,22,26)(H,23,25). The van der Waals surface area contributed by atoms with Gasteiger partial charge in [-0.15, -0.1) is 0 Å². The number of amides is 2. The molecule has 8 heteroatoms. The highest BCUT2D eigenvalue weighted by atomic mass is 32.2. The van der Waals surface area contributed by atoms with Crippen LogP contribution in [0.1, 0.15) is 43.1 Å². The van der Waals surface area contributed by atoms with E-state index in [0.717, 1.165) is 12.8 Å². The molecule has 2 aromatic carbocycles. The van der Waals surface area contributed by atoms with Crippen LogP contribution in [-0.4, -0.2) is 32.8 Å². The van der Waals surface area contributed by atoms with E-state index in [9.17, 15) is 18.0 Å². The zero-order valence-corrected chi connectivity index (χ0v) is 17.7. The molecule has 3 N–H and O–H groups in total. The van der Waals surface area contributed by atoms with Crippen LogP contribution in [0.15, 0.2) is 53.4 Å². The molecule has 0 aromatic heterocycles. The highest BCUT2D eigenvalue weighted by Crippen LogP contribution is 2.12. The maximum absolute atomic E-state index is 12.2. The Labute approximate surface area is 172 Å². The maximum atomic E-state index is 12.2. The van der Waals surface area contributed by atoms with Gasteiger partial charge in [0.15, 0.2) is 0 Å². The lowest BCUT2D eigenvalue weighted by Crippen LogP contribution is -2.33. The fourth-order valence-corrected chi connectivity index (χ4v) is 3.93. The van der Waals surface area contributed by atoms with E-state index in [0.29, 0.717) is 5.69 Å². The average Bonchev–Trinajstić information content (AvgIpc) is 2.67. The first-order chi connectivity index (χ1) is 13.7. The van der Waals surface area contributed by atoms with E-state index < -0.39 is 15.9 Å². The van der Waals surface area contributed by atoms with Crippen molar-refractivity contribution in [2.75, 3.05) is 11.9 Å². The number of aryl methyl sites for hydroxylation is 1. The van der Waals surface area contributed by atoms with Gasteiger partial charge in [-0.3, -0.25) is 9.59 Å². The minimum atomic E-state index is -3.62. The molecule has 0 bridgehead atoms. The summed E-state index contributed by atoms with van der Waals surface area (Å²) in [5.41, 5.74) is 2.13. The maximum Gasteiger partial charge on any atom is 0.251 e. The summed E-state index contributed by atoms with van der Waals surface area (Å²) >= 11 is 0. The van der Waals surface area contributed by atoms with E-state index in [1.807, 2.05) is 24.3 Å². The van der Waals surface area contributed by atoms with Gasteiger partial charge in [-0.05, 0) is 62.2 Å².